The van der Waals surface area contributed by atoms with Crippen LogP contribution in [0.3, 0.4) is 0 Å². The fourth-order valence-corrected chi connectivity index (χ4v) is 2.61. The van der Waals surface area contributed by atoms with Crippen molar-refractivity contribution in [3.8, 4) is 5.75 Å². The van der Waals surface area contributed by atoms with Crippen LogP contribution >= 0.6 is 0 Å². The highest BCUT2D eigenvalue weighted by Gasteiger charge is 2.15. The van der Waals surface area contributed by atoms with Crippen LogP contribution < -0.4 is 10.1 Å². The molecule has 2 rings (SSSR count). The van der Waals surface area contributed by atoms with E-state index in [0.29, 0.717) is 25.9 Å². The van der Waals surface area contributed by atoms with Crippen molar-refractivity contribution in [2.75, 3.05) is 25.1 Å². The molecule has 1 aromatic rings. The van der Waals surface area contributed by atoms with Gasteiger partial charge in [-0.3, -0.25) is 0 Å². The Morgan fingerprint density at radius 2 is 1.90 bits per heavy atom. The SMILES string of the molecule is CCOc1ccc(NCC(O)COC2CCCCC2)cc1. The maximum absolute atomic E-state index is 9.97. The first-order valence-electron chi connectivity index (χ1n) is 8.04. The highest BCUT2D eigenvalue weighted by atomic mass is 16.5. The highest BCUT2D eigenvalue weighted by molar-refractivity contribution is 5.46. The van der Waals surface area contributed by atoms with Gasteiger partial charge in [0.15, 0.2) is 0 Å². The molecule has 1 aliphatic rings. The Morgan fingerprint density at radius 3 is 2.57 bits per heavy atom. The van der Waals surface area contributed by atoms with E-state index in [9.17, 15) is 5.11 Å². The number of aliphatic hydroxyl groups excluding tert-OH is 1. The lowest BCUT2D eigenvalue weighted by Gasteiger charge is -2.23. The van der Waals surface area contributed by atoms with E-state index in [2.05, 4.69) is 5.32 Å². The third kappa shape index (κ3) is 5.94. The van der Waals surface area contributed by atoms with Crippen molar-refractivity contribution in [1.29, 1.82) is 0 Å². The second-order valence-electron chi connectivity index (χ2n) is 5.59. The lowest BCUT2D eigenvalue weighted by molar-refractivity contribution is -0.0195. The maximum Gasteiger partial charge on any atom is 0.119 e. The van der Waals surface area contributed by atoms with Gasteiger partial charge in [0.1, 0.15) is 5.75 Å². The molecule has 1 aliphatic carbocycles. The molecule has 1 unspecified atom stereocenters. The van der Waals surface area contributed by atoms with Crippen LogP contribution in [0.25, 0.3) is 0 Å². The number of aliphatic hydroxyl groups is 1. The molecule has 1 atom stereocenters. The first kappa shape index (κ1) is 16.1. The molecule has 0 spiro atoms. The lowest BCUT2D eigenvalue weighted by Crippen LogP contribution is -2.28. The zero-order valence-corrected chi connectivity index (χ0v) is 12.9. The third-order valence-electron chi connectivity index (χ3n) is 3.78. The summed E-state index contributed by atoms with van der Waals surface area (Å²) in [6.45, 7) is 3.55. The Morgan fingerprint density at radius 1 is 1.19 bits per heavy atom. The number of anilines is 1. The molecule has 0 saturated heterocycles. The molecule has 2 N–H and O–H groups in total. The molecule has 4 heteroatoms. The summed E-state index contributed by atoms with van der Waals surface area (Å²) in [7, 11) is 0. The summed E-state index contributed by atoms with van der Waals surface area (Å²) in [5, 5.41) is 13.2. The van der Waals surface area contributed by atoms with Crippen LogP contribution in [0.4, 0.5) is 5.69 Å². The van der Waals surface area contributed by atoms with Gasteiger partial charge in [0.05, 0.1) is 25.4 Å². The second-order valence-corrected chi connectivity index (χ2v) is 5.59. The molecule has 0 aromatic heterocycles. The van der Waals surface area contributed by atoms with Crippen molar-refractivity contribution in [1.82, 2.24) is 0 Å². The van der Waals surface area contributed by atoms with E-state index < -0.39 is 6.10 Å². The Kier molecular flexibility index (Phi) is 6.83. The van der Waals surface area contributed by atoms with Crippen LogP contribution in [0, 0.1) is 0 Å². The zero-order chi connectivity index (χ0) is 14.9. The van der Waals surface area contributed by atoms with Crippen molar-refractivity contribution < 1.29 is 14.6 Å². The van der Waals surface area contributed by atoms with Crippen molar-refractivity contribution in [3.05, 3.63) is 24.3 Å². The summed E-state index contributed by atoms with van der Waals surface area (Å²) in [6.07, 6.45) is 5.98. The van der Waals surface area contributed by atoms with E-state index in [-0.39, 0.29) is 0 Å². The molecule has 1 aromatic carbocycles. The lowest BCUT2D eigenvalue weighted by atomic mass is 9.98. The van der Waals surface area contributed by atoms with Crippen LogP contribution in [0.1, 0.15) is 39.0 Å². The minimum atomic E-state index is -0.474. The molecular formula is C17H27NO3. The number of hydrogen-bond donors (Lipinski definition) is 2. The van der Waals surface area contributed by atoms with Crippen molar-refractivity contribution >= 4 is 5.69 Å². The number of ether oxygens (including phenoxy) is 2. The van der Waals surface area contributed by atoms with Crippen LogP contribution in [0.15, 0.2) is 24.3 Å². The van der Waals surface area contributed by atoms with Gasteiger partial charge in [0.2, 0.25) is 0 Å². The number of rotatable bonds is 8. The van der Waals surface area contributed by atoms with E-state index in [1.807, 2.05) is 31.2 Å². The average Bonchev–Trinajstić information content (AvgIpc) is 2.53. The van der Waals surface area contributed by atoms with E-state index in [0.717, 1.165) is 24.3 Å². The summed E-state index contributed by atoms with van der Waals surface area (Å²) < 4.78 is 11.2. The van der Waals surface area contributed by atoms with Crippen molar-refractivity contribution in [2.24, 2.45) is 0 Å². The Hall–Kier alpha value is -1.26. The van der Waals surface area contributed by atoms with E-state index >= 15 is 0 Å². The third-order valence-corrected chi connectivity index (χ3v) is 3.78. The van der Waals surface area contributed by atoms with E-state index in [4.69, 9.17) is 9.47 Å². The molecular weight excluding hydrogens is 266 g/mol. The van der Waals surface area contributed by atoms with Crippen molar-refractivity contribution in [2.45, 2.75) is 51.2 Å². The van der Waals surface area contributed by atoms with Crippen LogP contribution in [0.5, 0.6) is 5.75 Å². The van der Waals surface area contributed by atoms with Gasteiger partial charge in [-0.1, -0.05) is 19.3 Å². The minimum Gasteiger partial charge on any atom is -0.494 e. The predicted molar refractivity (Wildman–Crippen MR) is 84.9 cm³/mol. The summed E-state index contributed by atoms with van der Waals surface area (Å²) in [6, 6.07) is 7.77. The summed E-state index contributed by atoms with van der Waals surface area (Å²) >= 11 is 0. The standard InChI is InChI=1S/C17H27NO3/c1-2-20-17-10-8-14(9-11-17)18-12-15(19)13-21-16-6-4-3-5-7-16/h8-11,15-16,18-19H,2-7,12-13H2,1H3. The molecule has 0 radical (unpaired) electrons. The van der Waals surface area contributed by atoms with Gasteiger partial charge in [-0.25, -0.2) is 0 Å². The van der Waals surface area contributed by atoms with E-state index in [1.54, 1.807) is 0 Å². The molecule has 0 bridgehead atoms. The normalized spacial score (nSPS) is 17.4. The van der Waals surface area contributed by atoms with Gasteiger partial charge in [-0.05, 0) is 44.0 Å². The molecule has 21 heavy (non-hydrogen) atoms. The first-order chi connectivity index (χ1) is 10.3. The molecule has 0 heterocycles. The molecule has 1 saturated carbocycles. The van der Waals surface area contributed by atoms with Crippen LogP contribution in [-0.4, -0.2) is 37.1 Å². The van der Waals surface area contributed by atoms with Crippen molar-refractivity contribution in [3.63, 3.8) is 0 Å². The van der Waals surface area contributed by atoms with Gasteiger partial charge < -0.3 is 19.9 Å². The second kappa shape index (κ2) is 8.90. The van der Waals surface area contributed by atoms with Gasteiger partial charge in [0, 0.05) is 12.2 Å². The monoisotopic (exact) mass is 293 g/mol. The average molecular weight is 293 g/mol. The molecule has 0 aliphatic heterocycles. The minimum absolute atomic E-state index is 0.346. The highest BCUT2D eigenvalue weighted by Crippen LogP contribution is 2.20. The van der Waals surface area contributed by atoms with Gasteiger partial charge in [-0.2, -0.15) is 0 Å². The Bertz CT molecular complexity index is 388. The van der Waals surface area contributed by atoms with E-state index in [1.165, 1.54) is 19.3 Å². The van der Waals surface area contributed by atoms with Crippen LogP contribution in [-0.2, 0) is 4.74 Å². The maximum atomic E-state index is 9.97. The smallest absolute Gasteiger partial charge is 0.119 e. The fourth-order valence-electron chi connectivity index (χ4n) is 2.61. The molecule has 4 nitrogen and oxygen atoms in total. The van der Waals surface area contributed by atoms with Gasteiger partial charge >= 0.3 is 0 Å². The first-order valence-corrected chi connectivity index (χ1v) is 8.04. The van der Waals surface area contributed by atoms with Gasteiger partial charge in [0.25, 0.3) is 0 Å². The molecule has 0 amide bonds. The van der Waals surface area contributed by atoms with Crippen LogP contribution in [0.2, 0.25) is 0 Å². The largest absolute Gasteiger partial charge is 0.494 e. The predicted octanol–water partition coefficient (Wildman–Crippen LogP) is 3.21. The number of nitrogens with one attached hydrogen (secondary N) is 1. The Balaban J connectivity index is 1.64. The zero-order valence-electron chi connectivity index (χ0n) is 12.9. The summed E-state index contributed by atoms with van der Waals surface area (Å²) in [5.74, 6) is 0.865. The van der Waals surface area contributed by atoms with Gasteiger partial charge in [-0.15, -0.1) is 0 Å². The topological polar surface area (TPSA) is 50.7 Å². The molecule has 1 fully saturated rings. The molecule has 118 valence electrons. The Labute approximate surface area is 127 Å². The quantitative estimate of drug-likeness (QED) is 0.773. The number of benzene rings is 1. The number of hydrogen-bond acceptors (Lipinski definition) is 4. The fraction of sp³-hybridized carbons (Fsp3) is 0.647. The summed E-state index contributed by atoms with van der Waals surface area (Å²) in [5.41, 5.74) is 0.982. The summed E-state index contributed by atoms with van der Waals surface area (Å²) in [4.78, 5) is 0.